The molecule has 2 aromatic carbocycles. The van der Waals surface area contributed by atoms with Crippen molar-refractivity contribution in [3.05, 3.63) is 83.4 Å². The first-order valence-electron chi connectivity index (χ1n) is 9.46. The van der Waals surface area contributed by atoms with Crippen molar-refractivity contribution < 1.29 is 17.6 Å². The highest BCUT2D eigenvalue weighted by Gasteiger charge is 2.20. The molecular weight excluding hydrogens is 419 g/mol. The third kappa shape index (κ3) is 5.37. The van der Waals surface area contributed by atoms with Gasteiger partial charge in [-0.2, -0.15) is 5.10 Å². The van der Waals surface area contributed by atoms with Gasteiger partial charge in [0, 0.05) is 22.6 Å². The van der Waals surface area contributed by atoms with E-state index in [9.17, 15) is 17.6 Å². The van der Waals surface area contributed by atoms with E-state index in [-0.39, 0.29) is 5.82 Å². The summed E-state index contributed by atoms with van der Waals surface area (Å²) in [4.78, 5) is 12.3. The van der Waals surface area contributed by atoms with Gasteiger partial charge in [0.2, 0.25) is 10.0 Å². The molecule has 1 amide bonds. The number of hydrogen-bond acceptors (Lipinski definition) is 4. The summed E-state index contributed by atoms with van der Waals surface area (Å²) in [6.45, 7) is 3.41. The minimum atomic E-state index is -3.64. The van der Waals surface area contributed by atoms with Crippen molar-refractivity contribution in [3.63, 3.8) is 0 Å². The molecule has 0 radical (unpaired) electrons. The lowest BCUT2D eigenvalue weighted by atomic mass is 10.2. The number of hydrogen-bond donors (Lipinski definition) is 1. The monoisotopic (exact) mass is 442 g/mol. The number of nitrogens with zero attached hydrogens (tertiary/aromatic N) is 3. The van der Waals surface area contributed by atoms with Crippen LogP contribution < -0.4 is 9.73 Å². The van der Waals surface area contributed by atoms with Crippen LogP contribution in [0.4, 0.5) is 10.1 Å². The van der Waals surface area contributed by atoms with E-state index in [1.54, 1.807) is 42.5 Å². The van der Waals surface area contributed by atoms with Crippen molar-refractivity contribution in [1.29, 1.82) is 0 Å². The molecule has 0 bridgehead atoms. The summed E-state index contributed by atoms with van der Waals surface area (Å²) in [7, 11) is -3.64. The van der Waals surface area contributed by atoms with E-state index in [0.717, 1.165) is 33.2 Å². The van der Waals surface area contributed by atoms with E-state index in [2.05, 4.69) is 10.5 Å². The molecule has 0 aliphatic carbocycles. The van der Waals surface area contributed by atoms with Crippen LogP contribution in [0.3, 0.4) is 0 Å². The first-order valence-corrected chi connectivity index (χ1v) is 11.3. The number of carbonyl (C=O) groups excluding carboxylic acids is 1. The molecule has 0 saturated heterocycles. The van der Waals surface area contributed by atoms with Crippen LogP contribution in [-0.4, -0.2) is 37.9 Å². The van der Waals surface area contributed by atoms with Crippen LogP contribution in [0.2, 0.25) is 0 Å². The molecule has 0 unspecified atom stereocenters. The first-order chi connectivity index (χ1) is 14.7. The zero-order chi connectivity index (χ0) is 22.6. The standard InChI is InChI=1S/C22H23FN4O3S/c1-16-13-18(17(2)27(16)21-11-9-19(23)10-12-21)14-24-25-22(28)15-26(31(3,29)30)20-7-5-4-6-8-20/h4-14H,15H2,1-3H3,(H,25,28)/b24-14-. The molecule has 9 heteroatoms. The molecule has 0 aliphatic rings. The lowest BCUT2D eigenvalue weighted by Crippen LogP contribution is -2.38. The molecule has 7 nitrogen and oxygen atoms in total. The zero-order valence-corrected chi connectivity index (χ0v) is 18.2. The number of para-hydroxylation sites is 1. The number of amides is 1. The van der Waals surface area contributed by atoms with Gasteiger partial charge >= 0.3 is 0 Å². The van der Waals surface area contributed by atoms with Crippen molar-refractivity contribution in [2.45, 2.75) is 13.8 Å². The van der Waals surface area contributed by atoms with Gasteiger partial charge < -0.3 is 4.57 Å². The molecule has 1 N–H and O–H groups in total. The fourth-order valence-corrected chi connectivity index (χ4v) is 4.10. The topological polar surface area (TPSA) is 83.8 Å². The Balaban J connectivity index is 1.72. The average molecular weight is 443 g/mol. The SMILES string of the molecule is Cc1cc(/C=N\NC(=O)CN(c2ccccc2)S(C)(=O)=O)c(C)n1-c1ccc(F)cc1. The Morgan fingerprint density at radius 2 is 1.77 bits per heavy atom. The van der Waals surface area contributed by atoms with Crippen LogP contribution in [0.5, 0.6) is 0 Å². The Labute approximate surface area is 180 Å². The quantitative estimate of drug-likeness (QED) is 0.451. The Morgan fingerprint density at radius 1 is 1.13 bits per heavy atom. The second-order valence-corrected chi connectivity index (χ2v) is 8.94. The normalized spacial score (nSPS) is 11.6. The van der Waals surface area contributed by atoms with Crippen LogP contribution in [0, 0.1) is 19.7 Å². The maximum Gasteiger partial charge on any atom is 0.260 e. The average Bonchev–Trinajstić information content (AvgIpc) is 3.00. The number of aromatic nitrogens is 1. The molecule has 0 aliphatic heterocycles. The number of carbonyl (C=O) groups is 1. The number of nitrogens with one attached hydrogen (secondary N) is 1. The van der Waals surface area contributed by atoms with Crippen molar-refractivity contribution in [2.24, 2.45) is 5.10 Å². The van der Waals surface area contributed by atoms with Crippen LogP contribution >= 0.6 is 0 Å². The van der Waals surface area contributed by atoms with E-state index in [0.29, 0.717) is 5.69 Å². The van der Waals surface area contributed by atoms with E-state index in [4.69, 9.17) is 0 Å². The maximum atomic E-state index is 13.2. The highest BCUT2D eigenvalue weighted by molar-refractivity contribution is 7.92. The van der Waals surface area contributed by atoms with E-state index in [1.165, 1.54) is 18.3 Å². The second kappa shape index (κ2) is 9.13. The number of benzene rings is 2. The first kappa shape index (κ1) is 22.2. The van der Waals surface area contributed by atoms with Gasteiger partial charge in [-0.1, -0.05) is 18.2 Å². The molecule has 0 saturated carbocycles. The molecule has 31 heavy (non-hydrogen) atoms. The minimum absolute atomic E-state index is 0.311. The Kier molecular flexibility index (Phi) is 6.55. The molecule has 162 valence electrons. The van der Waals surface area contributed by atoms with Gasteiger partial charge in [0.25, 0.3) is 5.91 Å². The minimum Gasteiger partial charge on any atom is -0.318 e. The van der Waals surface area contributed by atoms with Crippen molar-refractivity contribution >= 4 is 27.8 Å². The molecule has 1 heterocycles. The largest absolute Gasteiger partial charge is 0.318 e. The van der Waals surface area contributed by atoms with Crippen LogP contribution in [0.1, 0.15) is 17.0 Å². The van der Waals surface area contributed by atoms with Gasteiger partial charge in [-0.05, 0) is 56.3 Å². The summed E-state index contributed by atoms with van der Waals surface area (Å²) < 4.78 is 40.3. The Bertz CT molecular complexity index is 1200. The third-order valence-corrected chi connectivity index (χ3v) is 5.82. The molecular formula is C22H23FN4O3S. The van der Waals surface area contributed by atoms with E-state index < -0.39 is 22.5 Å². The fourth-order valence-electron chi connectivity index (χ4n) is 3.24. The highest BCUT2D eigenvalue weighted by atomic mass is 32.2. The number of rotatable bonds is 7. The zero-order valence-electron chi connectivity index (χ0n) is 17.4. The van der Waals surface area contributed by atoms with E-state index >= 15 is 0 Å². The van der Waals surface area contributed by atoms with Crippen LogP contribution in [0.15, 0.2) is 65.8 Å². The van der Waals surface area contributed by atoms with Gasteiger partial charge in [-0.3, -0.25) is 9.10 Å². The van der Waals surface area contributed by atoms with E-state index in [1.807, 2.05) is 24.5 Å². The second-order valence-electron chi connectivity index (χ2n) is 7.04. The lowest BCUT2D eigenvalue weighted by Gasteiger charge is -2.21. The van der Waals surface area contributed by atoms with Gasteiger partial charge in [-0.15, -0.1) is 0 Å². The summed E-state index contributed by atoms with van der Waals surface area (Å²) in [6, 6.07) is 16.4. The predicted molar refractivity (Wildman–Crippen MR) is 120 cm³/mol. The summed E-state index contributed by atoms with van der Waals surface area (Å²) >= 11 is 0. The molecule has 0 atom stereocenters. The number of hydrazone groups is 1. The highest BCUT2D eigenvalue weighted by Crippen LogP contribution is 2.20. The number of sulfonamides is 1. The number of aryl methyl sites for hydroxylation is 1. The van der Waals surface area contributed by atoms with Gasteiger partial charge in [0.05, 0.1) is 18.2 Å². The molecule has 0 fully saturated rings. The smallest absolute Gasteiger partial charge is 0.260 e. The van der Waals surface area contributed by atoms with Gasteiger partial charge in [0.1, 0.15) is 12.4 Å². The van der Waals surface area contributed by atoms with Gasteiger partial charge in [-0.25, -0.2) is 18.2 Å². The summed E-state index contributed by atoms with van der Waals surface area (Å²) in [5, 5.41) is 3.97. The maximum absolute atomic E-state index is 13.2. The summed E-state index contributed by atoms with van der Waals surface area (Å²) in [5.41, 5.74) is 6.13. The summed E-state index contributed by atoms with van der Waals surface area (Å²) in [6.07, 6.45) is 2.54. The Hall–Kier alpha value is -3.46. The van der Waals surface area contributed by atoms with Crippen LogP contribution in [0.25, 0.3) is 5.69 Å². The van der Waals surface area contributed by atoms with Crippen molar-refractivity contribution in [3.8, 4) is 5.69 Å². The number of anilines is 1. The summed E-state index contributed by atoms with van der Waals surface area (Å²) in [5.74, 6) is -0.882. The third-order valence-electron chi connectivity index (χ3n) is 4.68. The Morgan fingerprint density at radius 3 is 2.39 bits per heavy atom. The lowest BCUT2D eigenvalue weighted by molar-refractivity contribution is -0.119. The van der Waals surface area contributed by atoms with Crippen molar-refractivity contribution in [2.75, 3.05) is 17.1 Å². The van der Waals surface area contributed by atoms with Crippen molar-refractivity contribution in [1.82, 2.24) is 9.99 Å². The fraction of sp³-hybridized carbons (Fsp3) is 0.182. The van der Waals surface area contributed by atoms with Crippen LogP contribution in [-0.2, 0) is 14.8 Å². The molecule has 3 aromatic rings. The number of halogens is 1. The predicted octanol–water partition coefficient (Wildman–Crippen LogP) is 3.15. The molecule has 0 spiro atoms. The van der Waals surface area contributed by atoms with Gasteiger partial charge in [0.15, 0.2) is 0 Å². The molecule has 3 rings (SSSR count). The molecule has 1 aromatic heterocycles.